The lowest BCUT2D eigenvalue weighted by Crippen LogP contribution is -2.28. The number of rotatable bonds is 4. The van der Waals surface area contributed by atoms with Crippen molar-refractivity contribution in [2.75, 3.05) is 5.73 Å². The number of nitrogens with one attached hydrogen (secondary N) is 1. The van der Waals surface area contributed by atoms with Gasteiger partial charge in [0.15, 0.2) is 0 Å². The molecule has 0 aliphatic carbocycles. The summed E-state index contributed by atoms with van der Waals surface area (Å²) in [6.07, 6.45) is 1.80. The van der Waals surface area contributed by atoms with Gasteiger partial charge in [-0.15, -0.1) is 36.2 Å². The molecule has 0 aromatic carbocycles. The van der Waals surface area contributed by atoms with E-state index < -0.39 is 0 Å². The average molecular weight is 349 g/mol. The molecular formula is C13H18Cl2N4OS. The molecule has 2 rings (SSSR count). The Hall–Kier alpha value is -1.37. The van der Waals surface area contributed by atoms with E-state index in [-0.39, 0.29) is 43.2 Å². The van der Waals surface area contributed by atoms with Crippen LogP contribution in [0.3, 0.4) is 0 Å². The highest BCUT2D eigenvalue weighted by atomic mass is 35.5. The highest BCUT2D eigenvalue weighted by Crippen LogP contribution is 2.17. The zero-order valence-electron chi connectivity index (χ0n) is 11.7. The first kappa shape index (κ1) is 19.6. The van der Waals surface area contributed by atoms with Gasteiger partial charge in [0.05, 0.1) is 24.3 Å². The van der Waals surface area contributed by atoms with E-state index in [0.717, 1.165) is 10.7 Å². The summed E-state index contributed by atoms with van der Waals surface area (Å²) in [4.78, 5) is 20.3. The van der Waals surface area contributed by atoms with Gasteiger partial charge in [-0.25, -0.2) is 4.98 Å². The van der Waals surface area contributed by atoms with Crippen LogP contribution in [0.1, 0.15) is 29.4 Å². The number of nitrogens with two attached hydrogens (primary N) is 1. The van der Waals surface area contributed by atoms with Gasteiger partial charge in [-0.05, 0) is 26.0 Å². The predicted octanol–water partition coefficient (Wildman–Crippen LogP) is 2.69. The number of nitrogens with zero attached hydrogens (tertiary/aromatic N) is 2. The minimum Gasteiger partial charge on any atom is -0.397 e. The van der Waals surface area contributed by atoms with Crippen LogP contribution in [0, 0.1) is 6.92 Å². The van der Waals surface area contributed by atoms with E-state index in [1.807, 2.05) is 19.2 Å². The van der Waals surface area contributed by atoms with Crippen molar-refractivity contribution in [1.82, 2.24) is 15.3 Å². The standard InChI is InChI=1S/C13H16N4OS.2ClH/c1-8-7-19-13(16-8)9(2)17-12(18)5-11-4-3-10(14)6-15-11;;/h3-4,6-7,9H,5,14H2,1-2H3,(H,17,18);2*1H. The second-order valence-corrected chi connectivity index (χ2v) is 5.27. The molecule has 2 aromatic rings. The number of hydrogen-bond donors (Lipinski definition) is 2. The van der Waals surface area contributed by atoms with Crippen molar-refractivity contribution in [2.24, 2.45) is 0 Å². The molecular weight excluding hydrogens is 331 g/mol. The number of pyridine rings is 1. The largest absolute Gasteiger partial charge is 0.397 e. The fraction of sp³-hybridized carbons (Fsp3) is 0.308. The molecule has 0 bridgehead atoms. The van der Waals surface area contributed by atoms with Crippen molar-refractivity contribution in [3.05, 3.63) is 40.1 Å². The summed E-state index contributed by atoms with van der Waals surface area (Å²) in [5.74, 6) is -0.0716. The van der Waals surface area contributed by atoms with Crippen molar-refractivity contribution in [2.45, 2.75) is 26.3 Å². The van der Waals surface area contributed by atoms with Crippen LogP contribution in [0.2, 0.25) is 0 Å². The van der Waals surface area contributed by atoms with Crippen molar-refractivity contribution in [1.29, 1.82) is 0 Å². The highest BCUT2D eigenvalue weighted by molar-refractivity contribution is 7.09. The number of carbonyl (C=O) groups is 1. The number of halogens is 2. The Balaban J connectivity index is 0.00000200. The molecule has 5 nitrogen and oxygen atoms in total. The summed E-state index contributed by atoms with van der Waals surface area (Å²) < 4.78 is 0. The minimum absolute atomic E-state index is 0. The molecule has 1 atom stereocenters. The smallest absolute Gasteiger partial charge is 0.226 e. The summed E-state index contributed by atoms with van der Waals surface area (Å²) in [7, 11) is 0. The second kappa shape index (κ2) is 8.81. The van der Waals surface area contributed by atoms with E-state index in [9.17, 15) is 4.79 Å². The van der Waals surface area contributed by atoms with Crippen LogP contribution in [0.5, 0.6) is 0 Å². The third-order valence-corrected chi connectivity index (χ3v) is 3.72. The molecule has 1 amide bonds. The van der Waals surface area contributed by atoms with Gasteiger partial charge in [-0.1, -0.05) is 0 Å². The number of aromatic nitrogens is 2. The van der Waals surface area contributed by atoms with Crippen LogP contribution in [-0.4, -0.2) is 15.9 Å². The van der Waals surface area contributed by atoms with Crippen molar-refractivity contribution in [3.63, 3.8) is 0 Å². The lowest BCUT2D eigenvalue weighted by Gasteiger charge is -2.11. The first-order valence-electron chi connectivity index (χ1n) is 5.96. The zero-order chi connectivity index (χ0) is 13.8. The topological polar surface area (TPSA) is 80.9 Å². The minimum atomic E-state index is -0.0834. The first-order valence-corrected chi connectivity index (χ1v) is 6.84. The molecule has 1 unspecified atom stereocenters. The van der Waals surface area contributed by atoms with Gasteiger partial charge in [0, 0.05) is 16.8 Å². The monoisotopic (exact) mass is 348 g/mol. The molecule has 2 aromatic heterocycles. The maximum Gasteiger partial charge on any atom is 0.226 e. The van der Waals surface area contributed by atoms with Gasteiger partial charge < -0.3 is 11.1 Å². The van der Waals surface area contributed by atoms with E-state index >= 15 is 0 Å². The van der Waals surface area contributed by atoms with Crippen LogP contribution in [-0.2, 0) is 11.2 Å². The quantitative estimate of drug-likeness (QED) is 0.889. The van der Waals surface area contributed by atoms with E-state index in [2.05, 4.69) is 15.3 Å². The normalized spacial score (nSPS) is 11.0. The molecule has 0 spiro atoms. The predicted molar refractivity (Wildman–Crippen MR) is 90.3 cm³/mol. The van der Waals surface area contributed by atoms with Crippen molar-refractivity contribution >= 4 is 47.7 Å². The molecule has 2 heterocycles. The average Bonchev–Trinajstić information content (AvgIpc) is 2.79. The second-order valence-electron chi connectivity index (χ2n) is 4.38. The molecule has 0 fully saturated rings. The molecule has 0 radical (unpaired) electrons. The van der Waals surface area contributed by atoms with E-state index in [1.165, 1.54) is 0 Å². The zero-order valence-corrected chi connectivity index (χ0v) is 14.1. The molecule has 0 aliphatic heterocycles. The Kier molecular flexibility index (Phi) is 8.24. The fourth-order valence-electron chi connectivity index (χ4n) is 1.63. The van der Waals surface area contributed by atoms with E-state index in [4.69, 9.17) is 5.73 Å². The lowest BCUT2D eigenvalue weighted by atomic mass is 10.2. The van der Waals surface area contributed by atoms with Crippen molar-refractivity contribution < 1.29 is 4.79 Å². The molecule has 116 valence electrons. The molecule has 0 saturated carbocycles. The molecule has 0 saturated heterocycles. The number of thiazole rings is 1. The molecule has 3 N–H and O–H groups in total. The number of anilines is 1. The Bertz CT molecular complexity index is 574. The molecule has 8 heteroatoms. The maximum absolute atomic E-state index is 11.9. The van der Waals surface area contributed by atoms with Gasteiger partial charge in [-0.2, -0.15) is 0 Å². The summed E-state index contributed by atoms with van der Waals surface area (Å²) >= 11 is 1.55. The number of carbonyl (C=O) groups excluding carboxylic acids is 1. The number of amides is 1. The van der Waals surface area contributed by atoms with Gasteiger partial charge in [0.2, 0.25) is 5.91 Å². The fourth-order valence-corrected chi connectivity index (χ4v) is 2.43. The van der Waals surface area contributed by atoms with Crippen LogP contribution in [0.4, 0.5) is 5.69 Å². The summed E-state index contributed by atoms with van der Waals surface area (Å²) in [5.41, 5.74) is 7.82. The van der Waals surface area contributed by atoms with Crippen LogP contribution in [0.15, 0.2) is 23.7 Å². The Labute approximate surface area is 140 Å². The lowest BCUT2D eigenvalue weighted by molar-refractivity contribution is -0.121. The third-order valence-electron chi connectivity index (χ3n) is 2.57. The summed E-state index contributed by atoms with van der Waals surface area (Å²) in [5, 5.41) is 5.80. The van der Waals surface area contributed by atoms with Gasteiger partial charge >= 0.3 is 0 Å². The first-order chi connectivity index (χ1) is 9.04. The van der Waals surface area contributed by atoms with Crippen molar-refractivity contribution in [3.8, 4) is 0 Å². The Morgan fingerprint density at radius 1 is 1.43 bits per heavy atom. The summed E-state index contributed by atoms with van der Waals surface area (Å²) in [6.45, 7) is 3.86. The maximum atomic E-state index is 11.9. The van der Waals surface area contributed by atoms with Gasteiger partial charge in [0.1, 0.15) is 5.01 Å². The van der Waals surface area contributed by atoms with Crippen LogP contribution in [0.25, 0.3) is 0 Å². The van der Waals surface area contributed by atoms with E-state index in [1.54, 1.807) is 29.7 Å². The number of nitrogen functional groups attached to an aromatic ring is 1. The number of aryl methyl sites for hydroxylation is 1. The number of hydrogen-bond acceptors (Lipinski definition) is 5. The summed E-state index contributed by atoms with van der Waals surface area (Å²) in [6, 6.07) is 3.41. The Morgan fingerprint density at radius 2 is 2.14 bits per heavy atom. The van der Waals surface area contributed by atoms with Gasteiger partial charge in [0.25, 0.3) is 0 Å². The SMILES string of the molecule is Cc1csc(C(C)NC(=O)Cc2ccc(N)cn2)n1.Cl.Cl. The Morgan fingerprint density at radius 3 is 2.67 bits per heavy atom. The molecule has 21 heavy (non-hydrogen) atoms. The molecule has 0 aliphatic rings. The van der Waals surface area contributed by atoms with Crippen LogP contribution < -0.4 is 11.1 Å². The van der Waals surface area contributed by atoms with Crippen LogP contribution >= 0.6 is 36.2 Å². The van der Waals surface area contributed by atoms with Gasteiger partial charge in [-0.3, -0.25) is 9.78 Å². The highest BCUT2D eigenvalue weighted by Gasteiger charge is 2.13. The van der Waals surface area contributed by atoms with E-state index in [0.29, 0.717) is 11.4 Å². The third kappa shape index (κ3) is 5.87.